The van der Waals surface area contributed by atoms with Crippen LogP contribution in [0, 0.1) is 27.7 Å². The van der Waals surface area contributed by atoms with Gasteiger partial charge in [0, 0.05) is 38.4 Å². The van der Waals surface area contributed by atoms with Gasteiger partial charge >= 0.3 is 0 Å². The Kier molecular flexibility index (Phi) is 5.15. The molecular weight excluding hydrogens is 415 g/mol. The van der Waals surface area contributed by atoms with E-state index in [1.54, 1.807) is 0 Å². The van der Waals surface area contributed by atoms with E-state index in [4.69, 9.17) is 0 Å². The van der Waals surface area contributed by atoms with Gasteiger partial charge in [0.1, 0.15) is 0 Å². The molecule has 2 rings (SSSR count). The third-order valence-electron chi connectivity index (χ3n) is 3.32. The standard InChI is InChI=1S/C16H22N2.Pt/c1-10(2)18-14(6)16(13(5)17-18)15-8-11(3)7-12(4)9-15;/h7-10H,1-6H3;. The van der Waals surface area contributed by atoms with E-state index in [2.05, 4.69) is 69.5 Å². The first-order valence-electron chi connectivity index (χ1n) is 6.54. The van der Waals surface area contributed by atoms with Crippen molar-refractivity contribution < 1.29 is 21.1 Å². The average molecular weight is 437 g/mol. The molecule has 106 valence electrons. The van der Waals surface area contributed by atoms with Crippen LogP contribution in [0.25, 0.3) is 11.1 Å². The van der Waals surface area contributed by atoms with Crippen molar-refractivity contribution in [3.63, 3.8) is 0 Å². The van der Waals surface area contributed by atoms with Crippen molar-refractivity contribution in [2.75, 3.05) is 0 Å². The number of hydrogen-bond acceptors (Lipinski definition) is 1. The van der Waals surface area contributed by atoms with Crippen molar-refractivity contribution in [1.29, 1.82) is 0 Å². The molecule has 0 spiro atoms. The SMILES string of the molecule is Cc1cc(C)cc(-c2c(C)nn(C(C)C)c2C)c1.[Pt]. The first kappa shape index (κ1) is 16.2. The van der Waals surface area contributed by atoms with Gasteiger partial charge in [-0.2, -0.15) is 5.10 Å². The van der Waals surface area contributed by atoms with Gasteiger partial charge in [0.05, 0.1) is 5.69 Å². The molecule has 1 aromatic carbocycles. The van der Waals surface area contributed by atoms with Gasteiger partial charge in [0.2, 0.25) is 0 Å². The summed E-state index contributed by atoms with van der Waals surface area (Å²) in [5, 5.41) is 4.66. The Balaban J connectivity index is 0.00000180. The topological polar surface area (TPSA) is 17.8 Å². The minimum atomic E-state index is 0. The van der Waals surface area contributed by atoms with Gasteiger partial charge in [0.25, 0.3) is 0 Å². The van der Waals surface area contributed by atoms with Crippen molar-refractivity contribution in [2.45, 2.75) is 47.6 Å². The minimum Gasteiger partial charge on any atom is -0.266 e. The number of nitrogens with zero attached hydrogens (tertiary/aromatic N) is 2. The third kappa shape index (κ3) is 3.17. The molecule has 0 aliphatic carbocycles. The van der Waals surface area contributed by atoms with Crippen LogP contribution in [0.4, 0.5) is 0 Å². The molecule has 3 heteroatoms. The summed E-state index contributed by atoms with van der Waals surface area (Å²) >= 11 is 0. The van der Waals surface area contributed by atoms with Crippen LogP contribution in [0.2, 0.25) is 0 Å². The number of aryl methyl sites for hydroxylation is 3. The zero-order chi connectivity index (χ0) is 13.4. The van der Waals surface area contributed by atoms with Crippen molar-refractivity contribution >= 4 is 0 Å². The van der Waals surface area contributed by atoms with Gasteiger partial charge < -0.3 is 0 Å². The quantitative estimate of drug-likeness (QED) is 0.683. The van der Waals surface area contributed by atoms with E-state index in [1.165, 1.54) is 27.9 Å². The summed E-state index contributed by atoms with van der Waals surface area (Å²) in [5.41, 5.74) is 7.56. The molecule has 2 aromatic rings. The zero-order valence-electron chi connectivity index (χ0n) is 12.5. The van der Waals surface area contributed by atoms with Crippen LogP contribution < -0.4 is 0 Å². The summed E-state index contributed by atoms with van der Waals surface area (Å²) in [6.45, 7) is 12.9. The number of rotatable bonds is 2. The molecule has 0 fully saturated rings. The third-order valence-corrected chi connectivity index (χ3v) is 3.32. The van der Waals surface area contributed by atoms with Gasteiger partial charge in [-0.15, -0.1) is 0 Å². The smallest absolute Gasteiger partial charge is 0.0675 e. The summed E-state index contributed by atoms with van der Waals surface area (Å²) in [4.78, 5) is 0. The molecule has 0 unspecified atom stereocenters. The van der Waals surface area contributed by atoms with E-state index in [1.807, 2.05) is 0 Å². The molecule has 0 aliphatic heterocycles. The van der Waals surface area contributed by atoms with E-state index < -0.39 is 0 Å². The second kappa shape index (κ2) is 6.05. The van der Waals surface area contributed by atoms with Gasteiger partial charge in [-0.1, -0.05) is 29.3 Å². The Hall–Kier alpha value is -0.882. The maximum atomic E-state index is 4.66. The van der Waals surface area contributed by atoms with Crippen LogP contribution in [-0.4, -0.2) is 9.78 Å². The Morgan fingerprint density at radius 1 is 0.947 bits per heavy atom. The van der Waals surface area contributed by atoms with Crippen molar-refractivity contribution in [1.82, 2.24) is 9.78 Å². The number of hydrogen-bond donors (Lipinski definition) is 0. The van der Waals surface area contributed by atoms with E-state index in [0.717, 1.165) is 5.69 Å². The summed E-state index contributed by atoms with van der Waals surface area (Å²) < 4.78 is 2.11. The van der Waals surface area contributed by atoms with E-state index in [-0.39, 0.29) is 21.1 Å². The fourth-order valence-electron chi connectivity index (χ4n) is 2.70. The van der Waals surface area contributed by atoms with Crippen LogP contribution in [0.15, 0.2) is 18.2 Å². The summed E-state index contributed by atoms with van der Waals surface area (Å²) in [6.07, 6.45) is 0. The number of benzene rings is 1. The Morgan fingerprint density at radius 2 is 1.47 bits per heavy atom. The van der Waals surface area contributed by atoms with Crippen LogP contribution in [0.1, 0.15) is 42.4 Å². The molecule has 0 amide bonds. The first-order valence-corrected chi connectivity index (χ1v) is 6.54. The molecule has 0 atom stereocenters. The monoisotopic (exact) mass is 437 g/mol. The molecule has 0 saturated heterocycles. The van der Waals surface area contributed by atoms with Crippen LogP contribution in [0.3, 0.4) is 0 Å². The number of aromatic nitrogens is 2. The molecule has 19 heavy (non-hydrogen) atoms. The van der Waals surface area contributed by atoms with E-state index in [9.17, 15) is 0 Å². The molecular formula is C16H22N2Pt. The maximum absolute atomic E-state index is 4.66. The molecule has 1 heterocycles. The van der Waals surface area contributed by atoms with Crippen molar-refractivity contribution in [3.05, 3.63) is 40.7 Å². The summed E-state index contributed by atoms with van der Waals surface area (Å²) in [5.74, 6) is 0. The van der Waals surface area contributed by atoms with Crippen LogP contribution in [0.5, 0.6) is 0 Å². The summed E-state index contributed by atoms with van der Waals surface area (Å²) in [7, 11) is 0. The first-order chi connectivity index (χ1) is 8.40. The van der Waals surface area contributed by atoms with Crippen LogP contribution >= 0.6 is 0 Å². The largest absolute Gasteiger partial charge is 0.266 e. The molecule has 0 aliphatic rings. The molecule has 1 aromatic heterocycles. The van der Waals surface area contributed by atoms with Gasteiger partial charge in [-0.3, -0.25) is 4.68 Å². The van der Waals surface area contributed by atoms with Gasteiger partial charge in [-0.25, -0.2) is 0 Å². The van der Waals surface area contributed by atoms with Crippen molar-refractivity contribution in [2.24, 2.45) is 0 Å². The average Bonchev–Trinajstić information content (AvgIpc) is 2.52. The second-order valence-electron chi connectivity index (χ2n) is 5.46. The Morgan fingerprint density at radius 3 is 1.89 bits per heavy atom. The molecule has 2 nitrogen and oxygen atoms in total. The Labute approximate surface area is 130 Å². The predicted molar refractivity (Wildman–Crippen MR) is 77.0 cm³/mol. The zero-order valence-corrected chi connectivity index (χ0v) is 14.8. The fourth-order valence-corrected chi connectivity index (χ4v) is 2.70. The minimum absolute atomic E-state index is 0. The Bertz CT molecular complexity index is 562. The normalized spacial score (nSPS) is 10.7. The van der Waals surface area contributed by atoms with Crippen LogP contribution in [-0.2, 0) is 21.1 Å². The van der Waals surface area contributed by atoms with Crippen molar-refractivity contribution in [3.8, 4) is 11.1 Å². The fraction of sp³-hybridized carbons (Fsp3) is 0.438. The molecule has 0 radical (unpaired) electrons. The second-order valence-corrected chi connectivity index (χ2v) is 5.46. The van der Waals surface area contributed by atoms with Gasteiger partial charge in [-0.05, 0) is 47.1 Å². The molecule has 0 N–H and O–H groups in total. The predicted octanol–water partition coefficient (Wildman–Crippen LogP) is 4.36. The molecule has 0 bridgehead atoms. The maximum Gasteiger partial charge on any atom is 0.0675 e. The van der Waals surface area contributed by atoms with E-state index in [0.29, 0.717) is 6.04 Å². The molecule has 0 saturated carbocycles. The van der Waals surface area contributed by atoms with Gasteiger partial charge in [0.15, 0.2) is 0 Å². The summed E-state index contributed by atoms with van der Waals surface area (Å²) in [6, 6.07) is 7.10. The van der Waals surface area contributed by atoms with E-state index >= 15 is 0 Å².